The fourth-order valence-electron chi connectivity index (χ4n) is 7.75. The predicted octanol–water partition coefficient (Wildman–Crippen LogP) is 11.6. The van der Waals surface area contributed by atoms with Crippen molar-refractivity contribution in [3.05, 3.63) is 209 Å². The minimum atomic E-state index is 0.276. The van der Waals surface area contributed by atoms with Crippen LogP contribution in [-0.2, 0) is 6.42 Å². The molecular formula is C50H48N4. The van der Waals surface area contributed by atoms with E-state index in [2.05, 4.69) is 175 Å². The van der Waals surface area contributed by atoms with Gasteiger partial charge in [0.25, 0.3) is 0 Å². The van der Waals surface area contributed by atoms with Gasteiger partial charge in [0, 0.05) is 22.9 Å². The summed E-state index contributed by atoms with van der Waals surface area (Å²) in [5.74, 6) is 0.566. The van der Waals surface area contributed by atoms with Crippen LogP contribution in [0, 0.1) is 18.8 Å². The molecule has 4 aromatic carbocycles. The number of hydrogen-bond donors (Lipinski definition) is 3. The molecule has 2 unspecified atom stereocenters. The van der Waals surface area contributed by atoms with E-state index >= 15 is 0 Å². The van der Waals surface area contributed by atoms with Crippen LogP contribution in [0.2, 0.25) is 0 Å². The minimum Gasteiger partial charge on any atom is -0.405 e. The summed E-state index contributed by atoms with van der Waals surface area (Å²) < 4.78 is 2.26. The van der Waals surface area contributed by atoms with Gasteiger partial charge in [-0.1, -0.05) is 151 Å². The molecule has 0 aliphatic heterocycles. The van der Waals surface area contributed by atoms with E-state index in [0.29, 0.717) is 17.3 Å². The van der Waals surface area contributed by atoms with Crippen LogP contribution < -0.4 is 17.2 Å². The molecule has 7 rings (SSSR count). The number of fused-ring (bicyclic) bond motifs is 2. The average molecular weight is 705 g/mol. The lowest BCUT2D eigenvalue weighted by Gasteiger charge is -2.34. The van der Waals surface area contributed by atoms with Crippen molar-refractivity contribution in [1.29, 1.82) is 0 Å². The quantitative estimate of drug-likeness (QED) is 0.0945. The fraction of sp³-hybridized carbons (Fsp3) is 0.120. The number of nitrogens with two attached hydrogens (primary N) is 3. The largest absolute Gasteiger partial charge is 0.405 e. The molecule has 1 aromatic heterocycles. The highest BCUT2D eigenvalue weighted by Gasteiger charge is 2.30. The second-order valence-electron chi connectivity index (χ2n) is 13.8. The number of hydrogen-bond acceptors (Lipinski definition) is 3. The van der Waals surface area contributed by atoms with Crippen LogP contribution in [0.5, 0.6) is 0 Å². The summed E-state index contributed by atoms with van der Waals surface area (Å²) in [4.78, 5) is 0. The second kappa shape index (κ2) is 16.4. The lowest BCUT2D eigenvalue weighted by Crippen LogP contribution is -2.21. The fourth-order valence-corrected chi connectivity index (χ4v) is 7.75. The van der Waals surface area contributed by atoms with Gasteiger partial charge in [-0.15, -0.1) is 0 Å². The molecule has 0 amide bonds. The third kappa shape index (κ3) is 7.37. The van der Waals surface area contributed by atoms with Gasteiger partial charge in [0.15, 0.2) is 0 Å². The zero-order valence-corrected chi connectivity index (χ0v) is 31.1. The highest BCUT2D eigenvalue weighted by molar-refractivity contribution is 5.90. The zero-order valence-electron chi connectivity index (χ0n) is 31.1. The molecule has 2 aliphatic rings. The Morgan fingerprint density at radius 3 is 2.06 bits per heavy atom. The first-order chi connectivity index (χ1) is 26.5. The van der Waals surface area contributed by atoms with E-state index in [1.54, 1.807) is 6.20 Å². The molecule has 4 nitrogen and oxygen atoms in total. The smallest absolute Gasteiger partial charge is 0.0627 e. The Kier molecular flexibility index (Phi) is 10.9. The molecule has 2 atom stereocenters. The van der Waals surface area contributed by atoms with Crippen LogP contribution in [0.1, 0.15) is 46.9 Å². The molecule has 0 radical (unpaired) electrons. The summed E-state index contributed by atoms with van der Waals surface area (Å²) >= 11 is 0. The normalized spacial score (nSPS) is 17.3. The summed E-state index contributed by atoms with van der Waals surface area (Å²) in [7, 11) is 0. The van der Waals surface area contributed by atoms with Gasteiger partial charge in [-0.05, 0) is 102 Å². The van der Waals surface area contributed by atoms with Gasteiger partial charge in [-0.2, -0.15) is 0 Å². The number of anilines is 2. The molecule has 5 aromatic rings. The Balaban J connectivity index is 1.10. The summed E-state index contributed by atoms with van der Waals surface area (Å²) in [5, 5.41) is 1.21. The van der Waals surface area contributed by atoms with Gasteiger partial charge in [-0.25, -0.2) is 0 Å². The Bertz CT molecular complexity index is 2420. The maximum absolute atomic E-state index is 6.66. The SMILES string of the molecule is C/C=C\C=C/C1=C(C/C=C\c2ccc(/C=C\Cc3ccc4c(c3)c(C)c(/C=C\N)n4-c3ccccc3)c(N)c2N)C2C=CC=CC2C(c2ccccc2)=C1. The van der Waals surface area contributed by atoms with E-state index in [1.807, 2.05) is 19.1 Å². The summed E-state index contributed by atoms with van der Waals surface area (Å²) in [5.41, 5.74) is 33.2. The molecule has 2 aliphatic carbocycles. The van der Waals surface area contributed by atoms with E-state index in [9.17, 15) is 0 Å². The molecule has 268 valence electrons. The van der Waals surface area contributed by atoms with E-state index in [-0.39, 0.29) is 5.92 Å². The molecule has 0 saturated heterocycles. The second-order valence-corrected chi connectivity index (χ2v) is 13.8. The van der Waals surface area contributed by atoms with Crippen molar-refractivity contribution in [3.8, 4) is 5.69 Å². The van der Waals surface area contributed by atoms with Gasteiger partial charge in [0.05, 0.1) is 22.6 Å². The van der Waals surface area contributed by atoms with Crippen molar-refractivity contribution in [3.63, 3.8) is 0 Å². The van der Waals surface area contributed by atoms with Crippen LogP contribution in [0.4, 0.5) is 11.4 Å². The van der Waals surface area contributed by atoms with Gasteiger partial charge < -0.3 is 21.8 Å². The van der Waals surface area contributed by atoms with Crippen LogP contribution in [0.3, 0.4) is 0 Å². The molecule has 0 fully saturated rings. The molecule has 0 bridgehead atoms. The first-order valence-corrected chi connectivity index (χ1v) is 18.7. The van der Waals surface area contributed by atoms with Crippen molar-refractivity contribution in [2.24, 2.45) is 17.6 Å². The van der Waals surface area contributed by atoms with E-state index in [0.717, 1.165) is 40.9 Å². The first-order valence-electron chi connectivity index (χ1n) is 18.7. The summed E-state index contributed by atoms with van der Waals surface area (Å²) in [6, 6.07) is 31.9. The maximum atomic E-state index is 6.66. The average Bonchev–Trinajstić information content (AvgIpc) is 3.48. The van der Waals surface area contributed by atoms with Crippen LogP contribution in [-0.4, -0.2) is 4.57 Å². The molecule has 0 saturated carbocycles. The van der Waals surface area contributed by atoms with Gasteiger partial charge in [0.1, 0.15) is 0 Å². The number of aryl methyl sites for hydroxylation is 1. The molecular weight excluding hydrogens is 657 g/mol. The topological polar surface area (TPSA) is 83.0 Å². The third-order valence-electron chi connectivity index (χ3n) is 10.5. The van der Waals surface area contributed by atoms with Crippen LogP contribution >= 0.6 is 0 Å². The lowest BCUT2D eigenvalue weighted by molar-refractivity contribution is 0.623. The summed E-state index contributed by atoms with van der Waals surface area (Å²) in [6.45, 7) is 4.20. The van der Waals surface area contributed by atoms with E-state index < -0.39 is 0 Å². The Hall–Kier alpha value is -6.52. The van der Waals surface area contributed by atoms with Gasteiger partial charge in [0.2, 0.25) is 0 Å². The van der Waals surface area contributed by atoms with Crippen molar-refractivity contribution in [1.82, 2.24) is 4.57 Å². The number of rotatable bonds is 11. The van der Waals surface area contributed by atoms with Crippen LogP contribution in [0.25, 0.3) is 40.4 Å². The molecule has 4 heteroatoms. The van der Waals surface area contributed by atoms with Gasteiger partial charge >= 0.3 is 0 Å². The number of para-hydroxylation sites is 1. The molecule has 0 spiro atoms. The van der Waals surface area contributed by atoms with E-state index in [4.69, 9.17) is 17.2 Å². The van der Waals surface area contributed by atoms with Crippen molar-refractivity contribution in [2.75, 3.05) is 11.5 Å². The Morgan fingerprint density at radius 2 is 1.37 bits per heavy atom. The molecule has 1 heterocycles. The number of nitrogen functional groups attached to an aromatic ring is 2. The third-order valence-corrected chi connectivity index (χ3v) is 10.5. The number of aromatic nitrogens is 1. The Labute approximate surface area is 319 Å². The predicted molar refractivity (Wildman–Crippen MR) is 234 cm³/mol. The van der Waals surface area contributed by atoms with Crippen molar-refractivity contribution in [2.45, 2.75) is 26.7 Å². The Morgan fingerprint density at radius 1 is 0.704 bits per heavy atom. The number of nitrogens with zero attached hydrogens (tertiary/aromatic N) is 1. The standard InChI is InChI=1S/C50H48N4/c1-3-4-7-19-40-34-46(37-17-8-5-9-18-37)44-25-13-12-24-43(44)42(40)26-15-21-39-29-28-38(49(52)50(39)53)20-14-16-36-27-30-48-45(33-36)35(2)47(31-32-51)54(48)41-22-10-6-11-23-41/h3-15,17-25,27-34,43-44H,16,26,51-53H2,1-2H3/b4-3-,19-7-,20-14-,21-15-,32-31-. The van der Waals surface area contributed by atoms with Crippen LogP contribution in [0.15, 0.2) is 175 Å². The monoisotopic (exact) mass is 704 g/mol. The highest BCUT2D eigenvalue weighted by Crippen LogP contribution is 2.44. The first kappa shape index (κ1) is 35.9. The van der Waals surface area contributed by atoms with Crippen molar-refractivity contribution < 1.29 is 0 Å². The molecule has 54 heavy (non-hydrogen) atoms. The maximum Gasteiger partial charge on any atom is 0.0627 e. The highest BCUT2D eigenvalue weighted by atomic mass is 15.0. The minimum absolute atomic E-state index is 0.276. The van der Waals surface area contributed by atoms with Gasteiger partial charge in [-0.3, -0.25) is 0 Å². The lowest BCUT2D eigenvalue weighted by atomic mass is 9.70. The number of benzene rings is 4. The van der Waals surface area contributed by atoms with E-state index in [1.165, 1.54) is 38.8 Å². The van der Waals surface area contributed by atoms with Crippen molar-refractivity contribution >= 4 is 46.1 Å². The zero-order chi connectivity index (χ0) is 37.4. The summed E-state index contributed by atoms with van der Waals surface area (Å²) in [6.07, 6.45) is 33.6. The number of allylic oxidation sites excluding steroid dienone is 14. The molecule has 6 N–H and O–H groups in total.